The molecule has 0 atom stereocenters. The zero-order valence-electron chi connectivity index (χ0n) is 56.2. The van der Waals surface area contributed by atoms with Gasteiger partial charge in [0.05, 0.1) is 14.2 Å². The van der Waals surface area contributed by atoms with E-state index in [-0.39, 0.29) is 24.4 Å². The standard InChI is InChI=1S/C40H47N3O4.C28H31N3O2.C12H16O3/c1-4-46-40(47-5-2)33-16-10-29(11-17-33)27-41-35-18-19-37-34(26-35)22-25-43(37)39(44)32-14-12-30(13-15-32)28-42-23-20-31(21-24-42)36-8-6-7-9-38(36)45-3;1-33-27-5-3-2-4-25(27)21-12-15-30(16-13-21)19-20-6-8-22(9-7-20)28(32)31-17-14-23-18-24(29)10-11-26(23)31;1-3-14-12(15-4-2)11-7-5-10(9-13)6-8-11/h6-19,26,31,40-41H,4-5,20-25,27-28H2,1-3H3;2-11,18,21H,12-17,19,29H2,1H3;5-9,12H,3-4H2,1-2H3. The van der Waals surface area contributed by atoms with Crippen LogP contribution in [0, 0.1) is 0 Å². The molecule has 4 heterocycles. The molecule has 3 N–H and O–H groups in total. The summed E-state index contributed by atoms with van der Waals surface area (Å²) in [5, 5.41) is 3.55. The van der Waals surface area contributed by atoms with Gasteiger partial charge in [0, 0.05) is 110 Å². The number of carbonyl (C=O) groups excluding carboxylic acids is 3. The molecular formula is C80H94N6O9. The fraction of sp³-hybridized carbons (Fsp3) is 0.362. The van der Waals surface area contributed by atoms with E-state index in [1.165, 1.54) is 33.4 Å². The van der Waals surface area contributed by atoms with Crippen molar-refractivity contribution in [3.63, 3.8) is 0 Å². The number of fused-ring (bicyclic) bond motifs is 2. The Morgan fingerprint density at radius 3 is 1.34 bits per heavy atom. The van der Waals surface area contributed by atoms with Crippen LogP contribution in [-0.4, -0.2) is 108 Å². The molecule has 2 saturated heterocycles. The summed E-state index contributed by atoms with van der Waals surface area (Å²) in [5.41, 5.74) is 22.4. The Bertz CT molecular complexity index is 3720. The second-order valence-electron chi connectivity index (χ2n) is 24.5. The molecule has 0 unspecified atom stereocenters. The minimum Gasteiger partial charge on any atom is -0.496 e. The lowest BCUT2D eigenvalue weighted by Gasteiger charge is -2.32. The highest BCUT2D eigenvalue weighted by atomic mass is 16.7. The van der Waals surface area contributed by atoms with Gasteiger partial charge in [-0.25, -0.2) is 0 Å². The second-order valence-corrected chi connectivity index (χ2v) is 24.5. The number of piperidine rings is 2. The van der Waals surface area contributed by atoms with Crippen molar-refractivity contribution in [2.24, 2.45) is 0 Å². The van der Waals surface area contributed by atoms with Crippen LogP contribution in [0.4, 0.5) is 22.7 Å². The van der Waals surface area contributed by atoms with Gasteiger partial charge >= 0.3 is 0 Å². The molecule has 8 aromatic carbocycles. The summed E-state index contributed by atoms with van der Waals surface area (Å²) >= 11 is 0. The maximum atomic E-state index is 13.6. The number of anilines is 4. The normalized spacial score (nSPS) is 14.9. The van der Waals surface area contributed by atoms with Crippen molar-refractivity contribution in [3.8, 4) is 11.5 Å². The Morgan fingerprint density at radius 2 is 0.905 bits per heavy atom. The average Bonchev–Trinajstić information content (AvgIpc) is 1.74. The maximum absolute atomic E-state index is 13.6. The fourth-order valence-corrected chi connectivity index (χ4v) is 13.3. The monoisotopic (exact) mass is 1280 g/mol. The van der Waals surface area contributed by atoms with Crippen LogP contribution >= 0.6 is 0 Å². The highest BCUT2D eigenvalue weighted by Gasteiger charge is 2.29. The topological polar surface area (TPSA) is 158 Å². The molecule has 0 saturated carbocycles. The molecule has 498 valence electrons. The van der Waals surface area contributed by atoms with Gasteiger partial charge in [-0.15, -0.1) is 0 Å². The van der Waals surface area contributed by atoms with Crippen molar-refractivity contribution in [2.75, 3.05) is 101 Å². The van der Waals surface area contributed by atoms with Crippen LogP contribution in [0.1, 0.15) is 159 Å². The molecule has 4 aliphatic rings. The number of ether oxygens (including phenoxy) is 6. The van der Waals surface area contributed by atoms with Gasteiger partial charge in [0.15, 0.2) is 12.6 Å². The molecular weight excluding hydrogens is 1190 g/mol. The van der Waals surface area contributed by atoms with Gasteiger partial charge in [0.1, 0.15) is 17.8 Å². The number of para-hydroxylation sites is 2. The van der Waals surface area contributed by atoms with Crippen molar-refractivity contribution in [1.82, 2.24) is 9.80 Å². The number of benzene rings is 8. The zero-order valence-corrected chi connectivity index (χ0v) is 56.2. The van der Waals surface area contributed by atoms with Crippen molar-refractivity contribution in [1.29, 1.82) is 0 Å². The quantitative estimate of drug-likeness (QED) is 0.0335. The van der Waals surface area contributed by atoms with Crippen LogP contribution in [0.15, 0.2) is 182 Å². The largest absolute Gasteiger partial charge is 0.496 e. The summed E-state index contributed by atoms with van der Waals surface area (Å²) < 4.78 is 33.5. The van der Waals surface area contributed by atoms with Crippen molar-refractivity contribution in [2.45, 2.75) is 110 Å². The number of hydrogen-bond acceptors (Lipinski definition) is 13. The Labute approximate surface area is 562 Å². The summed E-state index contributed by atoms with van der Waals surface area (Å²) in [6.07, 6.45) is 6.39. The highest BCUT2D eigenvalue weighted by Crippen LogP contribution is 2.38. The number of aldehydes is 1. The molecule has 0 radical (unpaired) electrons. The lowest BCUT2D eigenvalue weighted by Crippen LogP contribution is -2.32. The third kappa shape index (κ3) is 18.2. The molecule has 0 spiro atoms. The summed E-state index contributed by atoms with van der Waals surface area (Å²) in [6, 6.07) is 60.8. The first-order valence-electron chi connectivity index (χ1n) is 33.9. The molecule has 0 aromatic heterocycles. The summed E-state index contributed by atoms with van der Waals surface area (Å²) in [7, 11) is 3.51. The Balaban J connectivity index is 0.000000177. The molecule has 2 amide bonds. The minimum atomic E-state index is -0.333. The second kappa shape index (κ2) is 34.7. The first kappa shape index (κ1) is 69.2. The number of nitrogens with two attached hydrogens (primary N) is 1. The first-order chi connectivity index (χ1) is 46.5. The van der Waals surface area contributed by atoms with E-state index in [0.717, 1.165) is 146 Å². The molecule has 0 bridgehead atoms. The van der Waals surface area contributed by atoms with Crippen molar-refractivity contribution in [3.05, 3.63) is 249 Å². The number of likely N-dealkylation sites (tertiary alicyclic amines) is 2. The van der Waals surface area contributed by atoms with E-state index >= 15 is 0 Å². The van der Waals surface area contributed by atoms with Crippen LogP contribution in [0.2, 0.25) is 0 Å². The van der Waals surface area contributed by atoms with Gasteiger partial charge in [-0.2, -0.15) is 0 Å². The van der Waals surface area contributed by atoms with E-state index < -0.39 is 0 Å². The van der Waals surface area contributed by atoms with E-state index in [9.17, 15) is 14.4 Å². The van der Waals surface area contributed by atoms with Crippen LogP contribution in [0.5, 0.6) is 11.5 Å². The number of nitrogens with zero attached hydrogens (tertiary/aromatic N) is 4. The molecule has 95 heavy (non-hydrogen) atoms. The van der Waals surface area contributed by atoms with Gasteiger partial charge in [0.2, 0.25) is 0 Å². The van der Waals surface area contributed by atoms with Crippen LogP contribution in [0.3, 0.4) is 0 Å². The Kier molecular flexibility index (Phi) is 25.2. The lowest BCUT2D eigenvalue weighted by molar-refractivity contribution is -0.140. The first-order valence-corrected chi connectivity index (χ1v) is 33.9. The Hall–Kier alpha value is -8.67. The predicted octanol–water partition coefficient (Wildman–Crippen LogP) is 15.4. The SMILES string of the molecule is CCOC(OCC)c1ccc(C=O)cc1.CCOC(OCC)c1ccc(CNc2ccc3c(c2)CCN3C(=O)c2ccc(CN3CCC(c4ccccc4OC)CC3)cc2)cc1.COc1ccccc1C1CCN(Cc2ccc(C(=O)N3CCc4cc(N)ccc43)cc2)CC1. The minimum absolute atomic E-state index is 0.0581. The van der Waals surface area contributed by atoms with E-state index in [4.69, 9.17) is 34.2 Å². The summed E-state index contributed by atoms with van der Waals surface area (Å²) in [6.45, 7) is 18.4. The number of hydrogen-bond donors (Lipinski definition) is 2. The van der Waals surface area contributed by atoms with Crippen molar-refractivity contribution < 1.29 is 42.8 Å². The summed E-state index contributed by atoms with van der Waals surface area (Å²) in [4.78, 5) is 45.9. The summed E-state index contributed by atoms with van der Waals surface area (Å²) in [5.74, 6) is 3.21. The fourth-order valence-electron chi connectivity index (χ4n) is 13.3. The lowest BCUT2D eigenvalue weighted by atomic mass is 9.88. The number of nitrogens with one attached hydrogen (secondary N) is 1. The average molecular weight is 1280 g/mol. The molecule has 15 nitrogen and oxygen atoms in total. The third-order valence-electron chi connectivity index (χ3n) is 18.4. The Morgan fingerprint density at radius 1 is 0.495 bits per heavy atom. The number of rotatable bonds is 24. The number of carbonyl (C=O) groups is 3. The zero-order chi connectivity index (χ0) is 66.5. The van der Waals surface area contributed by atoms with Crippen molar-refractivity contribution >= 4 is 40.9 Å². The van der Waals surface area contributed by atoms with E-state index in [1.807, 2.05) is 104 Å². The van der Waals surface area contributed by atoms with Gasteiger partial charge < -0.3 is 49.3 Å². The third-order valence-corrected chi connectivity index (χ3v) is 18.4. The van der Waals surface area contributed by atoms with Crippen LogP contribution in [0.25, 0.3) is 0 Å². The molecule has 4 aliphatic heterocycles. The van der Waals surface area contributed by atoms with Gasteiger partial charge in [-0.1, -0.05) is 109 Å². The highest BCUT2D eigenvalue weighted by molar-refractivity contribution is 6.08. The van der Waals surface area contributed by atoms with E-state index in [0.29, 0.717) is 63.5 Å². The van der Waals surface area contributed by atoms with Crippen LogP contribution < -0.4 is 30.3 Å². The molecule has 12 rings (SSSR count). The van der Waals surface area contributed by atoms with Gasteiger partial charge in [-0.05, 0) is 216 Å². The molecule has 2 fully saturated rings. The number of amides is 2. The smallest absolute Gasteiger partial charge is 0.258 e. The number of nitrogen functional groups attached to an aromatic ring is 1. The maximum Gasteiger partial charge on any atom is 0.258 e. The van der Waals surface area contributed by atoms with E-state index in [2.05, 4.69) is 118 Å². The molecule has 8 aromatic rings. The number of methoxy groups -OCH3 is 2. The molecule has 15 heteroatoms. The molecule has 0 aliphatic carbocycles. The van der Waals surface area contributed by atoms with E-state index in [1.54, 1.807) is 26.4 Å². The van der Waals surface area contributed by atoms with Crippen LogP contribution in [-0.2, 0) is 51.4 Å². The predicted molar refractivity (Wildman–Crippen MR) is 379 cm³/mol. The van der Waals surface area contributed by atoms with Gasteiger partial charge in [0.25, 0.3) is 11.8 Å². The van der Waals surface area contributed by atoms with Gasteiger partial charge in [-0.3, -0.25) is 24.2 Å².